The molecular formula is C35H43NO4S2. The van der Waals surface area contributed by atoms with Crippen LogP contribution in [0.4, 0.5) is 0 Å². The lowest BCUT2D eigenvalue weighted by Gasteiger charge is -2.24. The highest BCUT2D eigenvalue weighted by atomic mass is 32.2. The summed E-state index contributed by atoms with van der Waals surface area (Å²) in [6, 6.07) is 21.6. The molecule has 3 aromatic carbocycles. The number of aryl methyl sites for hydroxylation is 1. The van der Waals surface area contributed by atoms with Crippen LogP contribution in [0.1, 0.15) is 78.4 Å². The molecule has 2 unspecified atom stereocenters. The number of carbonyl (C=O) groups excluding carboxylic acids is 1. The quantitative estimate of drug-likeness (QED) is 0.180. The Hall–Kier alpha value is -2.74. The standard InChI is InChI=1S/C35H43NO4S2/c1-24-11-7-8-14-28(24)31-21-26(17-18-30(31)34(37)36-32(35(38)39)19-20-41-3)22-40-25(2)23-42-33-16-10-9-15-29(33)27-12-5-4-6-13-27/h7-11,14-18,21,25,27,32H,4-6,12-13,19-20,22-23H2,1-3H3,(H,36,37)(H,38,39). The minimum Gasteiger partial charge on any atom is -0.480 e. The van der Waals surface area contributed by atoms with E-state index in [9.17, 15) is 14.7 Å². The fourth-order valence-corrected chi connectivity index (χ4v) is 7.12. The van der Waals surface area contributed by atoms with Gasteiger partial charge in [-0.1, -0.05) is 67.8 Å². The molecule has 0 spiro atoms. The number of carboxylic acid groups (broad SMARTS) is 1. The van der Waals surface area contributed by atoms with Crippen molar-refractivity contribution in [3.63, 3.8) is 0 Å². The first-order valence-corrected chi connectivity index (χ1v) is 17.3. The molecule has 2 atom stereocenters. The summed E-state index contributed by atoms with van der Waals surface area (Å²) >= 11 is 3.44. The van der Waals surface area contributed by atoms with Gasteiger partial charge in [0.1, 0.15) is 6.04 Å². The van der Waals surface area contributed by atoms with Crippen LogP contribution < -0.4 is 5.32 Å². The maximum absolute atomic E-state index is 13.4. The van der Waals surface area contributed by atoms with E-state index in [1.807, 2.05) is 61.3 Å². The second-order valence-electron chi connectivity index (χ2n) is 11.1. The zero-order valence-electron chi connectivity index (χ0n) is 24.9. The summed E-state index contributed by atoms with van der Waals surface area (Å²) < 4.78 is 6.30. The molecule has 224 valence electrons. The molecule has 0 saturated heterocycles. The molecule has 0 radical (unpaired) electrons. The van der Waals surface area contributed by atoms with Gasteiger partial charge in [-0.2, -0.15) is 11.8 Å². The molecule has 1 saturated carbocycles. The van der Waals surface area contributed by atoms with Crippen LogP contribution in [0.5, 0.6) is 0 Å². The molecule has 0 aromatic heterocycles. The number of thioether (sulfide) groups is 2. The first-order valence-electron chi connectivity index (χ1n) is 14.9. The molecule has 0 aliphatic heterocycles. The Kier molecular flexibility index (Phi) is 12.4. The van der Waals surface area contributed by atoms with Crippen molar-refractivity contribution in [1.82, 2.24) is 5.32 Å². The Morgan fingerprint density at radius 1 is 1.00 bits per heavy atom. The molecule has 0 bridgehead atoms. The number of benzene rings is 3. The molecule has 3 aromatic rings. The van der Waals surface area contributed by atoms with Gasteiger partial charge in [0.05, 0.1) is 12.7 Å². The number of hydrogen-bond acceptors (Lipinski definition) is 5. The first kappa shape index (κ1) is 32.2. The Bertz CT molecular complexity index is 1340. The monoisotopic (exact) mass is 605 g/mol. The minimum absolute atomic E-state index is 0.0482. The van der Waals surface area contributed by atoms with E-state index in [4.69, 9.17) is 4.74 Å². The maximum atomic E-state index is 13.4. The first-order chi connectivity index (χ1) is 20.4. The fourth-order valence-electron chi connectivity index (χ4n) is 5.56. The Balaban J connectivity index is 1.45. The Labute approximate surface area is 259 Å². The molecule has 1 fully saturated rings. The van der Waals surface area contributed by atoms with Crippen LogP contribution in [0, 0.1) is 6.92 Å². The zero-order chi connectivity index (χ0) is 29.9. The second kappa shape index (κ2) is 16.2. The molecule has 1 amide bonds. The van der Waals surface area contributed by atoms with E-state index >= 15 is 0 Å². The van der Waals surface area contributed by atoms with Crippen LogP contribution in [0.3, 0.4) is 0 Å². The SMILES string of the molecule is CSCCC(NC(=O)c1ccc(COC(C)CSc2ccccc2C2CCCCC2)cc1-c1ccccc1C)C(=O)O. The lowest BCUT2D eigenvalue weighted by atomic mass is 9.84. The van der Waals surface area contributed by atoms with Gasteiger partial charge >= 0.3 is 5.97 Å². The summed E-state index contributed by atoms with van der Waals surface area (Å²) in [5.41, 5.74) is 5.70. The number of amides is 1. The van der Waals surface area contributed by atoms with E-state index in [0.717, 1.165) is 28.0 Å². The van der Waals surface area contributed by atoms with Crippen molar-refractivity contribution in [2.45, 2.75) is 81.9 Å². The van der Waals surface area contributed by atoms with Gasteiger partial charge in [-0.3, -0.25) is 4.79 Å². The third-order valence-corrected chi connectivity index (χ3v) is 9.91. The molecule has 0 heterocycles. The average Bonchev–Trinajstić information content (AvgIpc) is 3.01. The number of carboxylic acids is 1. The summed E-state index contributed by atoms with van der Waals surface area (Å²) in [5, 5.41) is 12.4. The molecule has 1 aliphatic rings. The normalized spacial score (nSPS) is 15.2. The van der Waals surface area contributed by atoms with Crippen LogP contribution in [0.25, 0.3) is 11.1 Å². The van der Waals surface area contributed by atoms with Crippen molar-refractivity contribution in [3.8, 4) is 11.1 Å². The number of carbonyl (C=O) groups is 2. The molecule has 2 N–H and O–H groups in total. The molecular weight excluding hydrogens is 563 g/mol. The van der Waals surface area contributed by atoms with E-state index in [0.29, 0.717) is 30.3 Å². The molecule has 42 heavy (non-hydrogen) atoms. The summed E-state index contributed by atoms with van der Waals surface area (Å²) in [7, 11) is 0. The average molecular weight is 606 g/mol. The van der Waals surface area contributed by atoms with Crippen molar-refractivity contribution in [2.75, 3.05) is 17.8 Å². The highest BCUT2D eigenvalue weighted by molar-refractivity contribution is 7.99. The summed E-state index contributed by atoms with van der Waals surface area (Å²) in [6.07, 6.45) is 8.92. The van der Waals surface area contributed by atoms with Gasteiger partial charge in [-0.25, -0.2) is 4.79 Å². The van der Waals surface area contributed by atoms with Gasteiger partial charge in [0, 0.05) is 16.2 Å². The van der Waals surface area contributed by atoms with Gasteiger partial charge in [-0.05, 0) is 97.1 Å². The topological polar surface area (TPSA) is 75.6 Å². The second-order valence-corrected chi connectivity index (χ2v) is 13.2. The van der Waals surface area contributed by atoms with E-state index < -0.39 is 12.0 Å². The van der Waals surface area contributed by atoms with Gasteiger partial charge in [0.25, 0.3) is 5.91 Å². The van der Waals surface area contributed by atoms with E-state index in [2.05, 4.69) is 36.5 Å². The lowest BCUT2D eigenvalue weighted by molar-refractivity contribution is -0.139. The molecule has 7 heteroatoms. The van der Waals surface area contributed by atoms with Gasteiger partial charge in [0.2, 0.25) is 0 Å². The Morgan fingerprint density at radius 2 is 1.74 bits per heavy atom. The van der Waals surface area contributed by atoms with E-state index in [1.54, 1.807) is 17.8 Å². The third kappa shape index (κ3) is 8.88. The highest BCUT2D eigenvalue weighted by Gasteiger charge is 2.23. The van der Waals surface area contributed by atoms with Crippen LogP contribution in [0.15, 0.2) is 71.6 Å². The fraction of sp³-hybridized carbons (Fsp3) is 0.429. The smallest absolute Gasteiger partial charge is 0.326 e. The zero-order valence-corrected chi connectivity index (χ0v) is 26.6. The van der Waals surface area contributed by atoms with Crippen LogP contribution in [0.2, 0.25) is 0 Å². The number of ether oxygens (including phenoxy) is 1. The van der Waals surface area contributed by atoms with E-state index in [-0.39, 0.29) is 12.0 Å². The highest BCUT2D eigenvalue weighted by Crippen LogP contribution is 2.38. The number of aliphatic carboxylic acids is 1. The van der Waals surface area contributed by atoms with Crippen molar-refractivity contribution in [1.29, 1.82) is 0 Å². The molecule has 5 nitrogen and oxygen atoms in total. The van der Waals surface area contributed by atoms with Gasteiger partial charge in [-0.15, -0.1) is 11.8 Å². The third-order valence-electron chi connectivity index (χ3n) is 7.95. The van der Waals surface area contributed by atoms with Gasteiger partial charge in [0.15, 0.2) is 0 Å². The maximum Gasteiger partial charge on any atom is 0.326 e. The minimum atomic E-state index is -1.02. The summed E-state index contributed by atoms with van der Waals surface area (Å²) in [5.74, 6) is 0.789. The van der Waals surface area contributed by atoms with Crippen molar-refractivity contribution in [3.05, 3.63) is 89.0 Å². The lowest BCUT2D eigenvalue weighted by Crippen LogP contribution is -2.41. The number of hydrogen-bond donors (Lipinski definition) is 2. The Morgan fingerprint density at radius 3 is 2.48 bits per heavy atom. The number of rotatable bonds is 14. The van der Waals surface area contributed by atoms with Crippen molar-refractivity contribution < 1.29 is 19.4 Å². The predicted octanol–water partition coefficient (Wildman–Crippen LogP) is 8.34. The van der Waals surface area contributed by atoms with Crippen molar-refractivity contribution in [2.24, 2.45) is 0 Å². The van der Waals surface area contributed by atoms with Crippen LogP contribution in [-0.4, -0.2) is 46.9 Å². The van der Waals surface area contributed by atoms with Crippen molar-refractivity contribution >= 4 is 35.4 Å². The van der Waals surface area contributed by atoms with Crippen LogP contribution >= 0.6 is 23.5 Å². The molecule has 1 aliphatic carbocycles. The predicted molar refractivity (Wildman–Crippen MR) is 176 cm³/mol. The van der Waals surface area contributed by atoms with Gasteiger partial charge < -0.3 is 15.2 Å². The summed E-state index contributed by atoms with van der Waals surface area (Å²) in [6.45, 7) is 4.56. The largest absolute Gasteiger partial charge is 0.480 e. The summed E-state index contributed by atoms with van der Waals surface area (Å²) in [4.78, 5) is 26.5. The number of nitrogens with one attached hydrogen (secondary N) is 1. The van der Waals surface area contributed by atoms with Crippen LogP contribution in [-0.2, 0) is 16.1 Å². The molecule has 4 rings (SSSR count). The van der Waals surface area contributed by atoms with E-state index in [1.165, 1.54) is 42.6 Å².